The Labute approximate surface area is 147 Å². The highest BCUT2D eigenvalue weighted by molar-refractivity contribution is 6.32. The highest BCUT2D eigenvalue weighted by Gasteiger charge is 2.17. The van der Waals surface area contributed by atoms with Crippen LogP contribution in [0.3, 0.4) is 0 Å². The lowest BCUT2D eigenvalue weighted by molar-refractivity contribution is -0.141. The van der Waals surface area contributed by atoms with E-state index in [4.69, 9.17) is 21.4 Å². The number of carboxylic acids is 1. The van der Waals surface area contributed by atoms with Gasteiger partial charge in [-0.25, -0.2) is 4.79 Å². The third kappa shape index (κ3) is 6.66. The molecule has 0 spiro atoms. The number of carboxylic acid groups (broad SMARTS) is 1. The largest absolute Gasteiger partial charge is 0.492 e. The maximum Gasteiger partial charge on any atom is 0.317 e. The normalized spacial score (nSPS) is 11.7. The van der Waals surface area contributed by atoms with Crippen molar-refractivity contribution in [3.63, 3.8) is 0 Å². The molecule has 0 aliphatic carbocycles. The van der Waals surface area contributed by atoms with Crippen LogP contribution in [0.4, 0.5) is 4.79 Å². The number of nitrogens with zero attached hydrogens (tertiary/aromatic N) is 1. The average Bonchev–Trinajstić information content (AvgIpc) is 2.54. The summed E-state index contributed by atoms with van der Waals surface area (Å²) in [6, 6.07) is 5.05. The summed E-state index contributed by atoms with van der Waals surface area (Å²) in [7, 11) is 1.56. The number of aliphatic carboxylic acids is 1. The highest BCUT2D eigenvalue weighted by Crippen LogP contribution is 2.25. The Morgan fingerprint density at radius 3 is 2.71 bits per heavy atom. The zero-order valence-electron chi connectivity index (χ0n) is 14.3. The molecular formula is C17H25ClN2O4. The summed E-state index contributed by atoms with van der Waals surface area (Å²) in [5.41, 5.74) is 0.843. The molecule has 6 nitrogen and oxygen atoms in total. The van der Waals surface area contributed by atoms with Gasteiger partial charge in [0.25, 0.3) is 0 Å². The van der Waals surface area contributed by atoms with Crippen LogP contribution in [0.1, 0.15) is 32.3 Å². The van der Waals surface area contributed by atoms with Gasteiger partial charge < -0.3 is 20.1 Å². The molecule has 0 fully saturated rings. The molecule has 7 heteroatoms. The van der Waals surface area contributed by atoms with Crippen LogP contribution in [0, 0.1) is 5.92 Å². The fraction of sp³-hybridized carbons (Fsp3) is 0.529. The van der Waals surface area contributed by atoms with Gasteiger partial charge in [0.15, 0.2) is 0 Å². The molecule has 0 saturated heterocycles. The fourth-order valence-electron chi connectivity index (χ4n) is 1.98. The van der Waals surface area contributed by atoms with Crippen molar-refractivity contribution >= 4 is 23.6 Å². The average molecular weight is 357 g/mol. The molecule has 24 heavy (non-hydrogen) atoms. The molecule has 0 bridgehead atoms. The lowest BCUT2D eigenvalue weighted by atomic mass is 10.2. The van der Waals surface area contributed by atoms with Gasteiger partial charge in [-0.3, -0.25) is 4.79 Å². The SMILES string of the molecule is CCCCOc1ccc(CNC(=O)N(C)CC(C)C(=O)O)cc1Cl. The van der Waals surface area contributed by atoms with Gasteiger partial charge in [0, 0.05) is 20.1 Å². The van der Waals surface area contributed by atoms with E-state index in [-0.39, 0.29) is 12.6 Å². The van der Waals surface area contributed by atoms with Gasteiger partial charge in [-0.2, -0.15) is 0 Å². The Morgan fingerprint density at radius 2 is 2.12 bits per heavy atom. The van der Waals surface area contributed by atoms with Crippen molar-refractivity contribution in [3.05, 3.63) is 28.8 Å². The Hall–Kier alpha value is -1.95. The number of hydrogen-bond acceptors (Lipinski definition) is 3. The first-order chi connectivity index (χ1) is 11.3. The number of benzene rings is 1. The van der Waals surface area contributed by atoms with E-state index in [0.717, 1.165) is 18.4 Å². The van der Waals surface area contributed by atoms with Crippen LogP contribution >= 0.6 is 11.6 Å². The van der Waals surface area contributed by atoms with E-state index >= 15 is 0 Å². The van der Waals surface area contributed by atoms with E-state index < -0.39 is 11.9 Å². The molecule has 0 aliphatic rings. The van der Waals surface area contributed by atoms with Gasteiger partial charge in [0.2, 0.25) is 0 Å². The van der Waals surface area contributed by atoms with Crippen molar-refractivity contribution in [1.82, 2.24) is 10.2 Å². The molecule has 1 atom stereocenters. The second kappa shape index (κ2) is 10.0. The van der Waals surface area contributed by atoms with Crippen LogP contribution < -0.4 is 10.1 Å². The number of nitrogens with one attached hydrogen (secondary N) is 1. The summed E-state index contributed by atoms with van der Waals surface area (Å²) in [6.45, 7) is 4.72. The van der Waals surface area contributed by atoms with Gasteiger partial charge in [0.1, 0.15) is 5.75 Å². The van der Waals surface area contributed by atoms with E-state index in [0.29, 0.717) is 23.9 Å². The predicted molar refractivity (Wildman–Crippen MR) is 93.5 cm³/mol. The number of halogens is 1. The third-order valence-electron chi connectivity index (χ3n) is 3.51. The van der Waals surface area contributed by atoms with Crippen molar-refractivity contribution < 1.29 is 19.4 Å². The van der Waals surface area contributed by atoms with Crippen LogP contribution in [-0.2, 0) is 11.3 Å². The molecule has 0 radical (unpaired) electrons. The second-order valence-corrected chi connectivity index (χ2v) is 6.15. The van der Waals surface area contributed by atoms with Gasteiger partial charge >= 0.3 is 12.0 Å². The predicted octanol–water partition coefficient (Wildman–Crippen LogP) is 3.38. The summed E-state index contributed by atoms with van der Waals surface area (Å²) in [5, 5.41) is 12.1. The zero-order valence-corrected chi connectivity index (χ0v) is 15.1. The summed E-state index contributed by atoms with van der Waals surface area (Å²) in [5.74, 6) is -0.914. The van der Waals surface area contributed by atoms with Crippen molar-refractivity contribution in [1.29, 1.82) is 0 Å². The number of rotatable bonds is 9. The van der Waals surface area contributed by atoms with E-state index in [1.807, 2.05) is 6.07 Å². The number of ether oxygens (including phenoxy) is 1. The molecule has 134 valence electrons. The summed E-state index contributed by atoms with van der Waals surface area (Å²) in [6.07, 6.45) is 2.02. The topological polar surface area (TPSA) is 78.9 Å². The number of unbranched alkanes of at least 4 members (excludes halogenated alkanes) is 1. The third-order valence-corrected chi connectivity index (χ3v) is 3.81. The summed E-state index contributed by atoms with van der Waals surface area (Å²) >= 11 is 6.18. The molecular weight excluding hydrogens is 332 g/mol. The Balaban J connectivity index is 2.50. The Kier molecular flexibility index (Phi) is 8.40. The van der Waals surface area contributed by atoms with Gasteiger partial charge in [-0.05, 0) is 24.1 Å². The van der Waals surface area contributed by atoms with Crippen molar-refractivity contribution in [3.8, 4) is 5.75 Å². The van der Waals surface area contributed by atoms with Crippen LogP contribution in [0.2, 0.25) is 5.02 Å². The molecule has 1 aromatic carbocycles. The van der Waals surface area contributed by atoms with Gasteiger partial charge in [0.05, 0.1) is 17.5 Å². The minimum atomic E-state index is -0.930. The van der Waals surface area contributed by atoms with E-state index in [1.165, 1.54) is 4.90 Å². The number of hydrogen-bond donors (Lipinski definition) is 2. The number of urea groups is 1. The molecule has 0 saturated carbocycles. The Morgan fingerprint density at radius 1 is 1.42 bits per heavy atom. The zero-order chi connectivity index (χ0) is 18.1. The van der Waals surface area contributed by atoms with Crippen LogP contribution in [-0.4, -0.2) is 42.2 Å². The maximum atomic E-state index is 12.0. The van der Waals surface area contributed by atoms with Crippen molar-refractivity contribution in [2.24, 2.45) is 5.92 Å². The molecule has 1 rings (SSSR count). The van der Waals surface area contributed by atoms with Gasteiger partial charge in [-0.15, -0.1) is 0 Å². The molecule has 2 N–H and O–H groups in total. The smallest absolute Gasteiger partial charge is 0.317 e. The fourth-order valence-corrected chi connectivity index (χ4v) is 2.24. The number of carbonyl (C=O) groups is 2. The van der Waals surface area contributed by atoms with Crippen LogP contribution in [0.15, 0.2) is 18.2 Å². The molecule has 0 heterocycles. The number of amides is 2. The minimum Gasteiger partial charge on any atom is -0.492 e. The van der Waals surface area contributed by atoms with E-state index in [9.17, 15) is 9.59 Å². The van der Waals surface area contributed by atoms with Crippen molar-refractivity contribution in [2.45, 2.75) is 33.2 Å². The lowest BCUT2D eigenvalue weighted by Crippen LogP contribution is -2.40. The molecule has 1 unspecified atom stereocenters. The van der Waals surface area contributed by atoms with Crippen LogP contribution in [0.5, 0.6) is 5.75 Å². The summed E-state index contributed by atoms with van der Waals surface area (Å²) in [4.78, 5) is 24.1. The second-order valence-electron chi connectivity index (χ2n) is 5.75. The maximum absolute atomic E-state index is 12.0. The van der Waals surface area contributed by atoms with E-state index in [2.05, 4.69) is 12.2 Å². The number of carbonyl (C=O) groups excluding carboxylic acids is 1. The Bertz CT molecular complexity index is 566. The lowest BCUT2D eigenvalue weighted by Gasteiger charge is -2.20. The van der Waals surface area contributed by atoms with E-state index in [1.54, 1.807) is 26.1 Å². The standard InChI is InChI=1S/C17H25ClN2O4/c1-4-5-8-24-15-7-6-13(9-14(15)18)10-19-17(23)20(3)11-12(2)16(21)22/h6-7,9,12H,4-5,8,10-11H2,1-3H3,(H,19,23)(H,21,22). The monoisotopic (exact) mass is 356 g/mol. The first kappa shape index (κ1) is 20.1. The first-order valence-corrected chi connectivity index (χ1v) is 8.36. The molecule has 0 aliphatic heterocycles. The van der Waals surface area contributed by atoms with Crippen LogP contribution in [0.25, 0.3) is 0 Å². The summed E-state index contributed by atoms with van der Waals surface area (Å²) < 4.78 is 5.58. The molecule has 0 aromatic heterocycles. The quantitative estimate of drug-likeness (QED) is 0.665. The minimum absolute atomic E-state index is 0.145. The molecule has 1 aromatic rings. The molecule has 2 amide bonds. The first-order valence-electron chi connectivity index (χ1n) is 7.98. The van der Waals surface area contributed by atoms with Gasteiger partial charge in [-0.1, -0.05) is 37.9 Å². The highest BCUT2D eigenvalue weighted by atomic mass is 35.5. The van der Waals surface area contributed by atoms with Crippen molar-refractivity contribution in [2.75, 3.05) is 20.2 Å².